The maximum atomic E-state index is 12.9. The van der Waals surface area contributed by atoms with Gasteiger partial charge in [-0.3, -0.25) is 9.59 Å². The number of aromatic nitrogens is 6. The van der Waals surface area contributed by atoms with Gasteiger partial charge in [-0.2, -0.15) is 10.2 Å². The zero-order valence-electron chi connectivity index (χ0n) is 58.3. The first-order chi connectivity index (χ1) is 49.3. The molecule has 16 rings (SSSR count). The molecule has 0 spiro atoms. The molecule has 1 N–H and O–H groups in total. The number of ether oxygens (including phenoxy) is 2. The van der Waals surface area contributed by atoms with Crippen molar-refractivity contribution in [1.82, 2.24) is 39.7 Å². The monoisotopic (exact) mass is 1360 g/mol. The second kappa shape index (κ2) is 29.8. The van der Waals surface area contributed by atoms with Crippen LogP contribution in [-0.4, -0.2) is 109 Å². The van der Waals surface area contributed by atoms with Crippen LogP contribution in [0, 0.1) is 11.8 Å². The molecule has 4 aliphatic rings. The van der Waals surface area contributed by atoms with Crippen molar-refractivity contribution in [3.63, 3.8) is 0 Å². The highest BCUT2D eigenvalue weighted by Gasteiger charge is 2.44. The smallest absolute Gasteiger partial charge is 0.226 e. The fraction of sp³-hybridized carbons (Fsp3) is 0.279. The lowest BCUT2D eigenvalue weighted by Gasteiger charge is -2.40. The molecule has 2 aliphatic heterocycles. The van der Waals surface area contributed by atoms with E-state index in [-0.39, 0.29) is 35.3 Å². The minimum Gasteiger partial charge on any atom is -0.491 e. The lowest BCUT2D eigenvalue weighted by molar-refractivity contribution is -0.135. The van der Waals surface area contributed by atoms with Crippen LogP contribution >= 0.6 is 11.6 Å². The molecule has 0 radical (unpaired) electrons. The Morgan fingerprint density at radius 1 is 0.465 bits per heavy atom. The minimum atomic E-state index is -0.781. The van der Waals surface area contributed by atoms with E-state index in [1.54, 1.807) is 0 Å². The summed E-state index contributed by atoms with van der Waals surface area (Å²) < 4.78 is 16.9. The maximum Gasteiger partial charge on any atom is 0.226 e. The SMILES string of the molecule is CC(C)Oc1ccc2c(c1)c(-c1ccnc(N3CCN(C(=O)C4CC4)C(C)C3)c1)nn2C(c1ccccc1)(c1ccccc1)c1ccccc1.CC1CN(c2cc(-c3nn(C(c4ccccc4)(c4ccccc4)c4ccccc4)c4ccc(OC(C)C)cc34)ccn2)CCN1.O=C(Cl)C1CC1. The molecular weight excluding hydrogens is 1270 g/mol. The molecule has 2 atom stereocenters. The number of halogens is 1. The van der Waals surface area contributed by atoms with Crippen molar-refractivity contribution in [2.75, 3.05) is 49.1 Å². The number of fused-ring (bicyclic) bond motifs is 2. The first kappa shape index (κ1) is 67.8. The van der Waals surface area contributed by atoms with E-state index in [1.165, 1.54) is 0 Å². The summed E-state index contributed by atoms with van der Waals surface area (Å²) in [5, 5.41) is 16.6. The molecular formula is C86H87ClN10O4. The van der Waals surface area contributed by atoms with E-state index in [4.69, 9.17) is 41.2 Å². The fourth-order valence-corrected chi connectivity index (χ4v) is 14.8. The van der Waals surface area contributed by atoms with Crippen molar-refractivity contribution < 1.29 is 19.1 Å². The predicted octanol–water partition coefficient (Wildman–Crippen LogP) is 16.9. The average molecular weight is 1360 g/mol. The van der Waals surface area contributed by atoms with E-state index in [0.29, 0.717) is 18.5 Å². The summed E-state index contributed by atoms with van der Waals surface area (Å²) in [6.45, 7) is 17.6. The van der Waals surface area contributed by atoms with Gasteiger partial charge in [-0.1, -0.05) is 182 Å². The molecule has 8 aromatic carbocycles. The Bertz CT molecular complexity index is 4600. The highest BCUT2D eigenvalue weighted by Crippen LogP contribution is 2.47. The van der Waals surface area contributed by atoms with Crippen molar-refractivity contribution in [3.05, 3.63) is 288 Å². The van der Waals surface area contributed by atoms with Gasteiger partial charge in [0.05, 0.1) is 23.2 Å². The molecule has 2 unspecified atom stereocenters. The second-order valence-electron chi connectivity index (χ2n) is 27.6. The van der Waals surface area contributed by atoms with Crippen molar-refractivity contribution in [3.8, 4) is 34.0 Å². The largest absolute Gasteiger partial charge is 0.491 e. The summed E-state index contributed by atoms with van der Waals surface area (Å²) in [6.07, 6.45) is 7.97. The van der Waals surface area contributed by atoms with Crippen LogP contribution in [-0.2, 0) is 20.7 Å². The van der Waals surface area contributed by atoms with E-state index in [2.05, 4.69) is 300 Å². The number of hydrogen-bond acceptors (Lipinski definition) is 11. The van der Waals surface area contributed by atoms with Gasteiger partial charge >= 0.3 is 0 Å². The number of benzene rings is 8. The Morgan fingerprint density at radius 2 is 0.842 bits per heavy atom. The van der Waals surface area contributed by atoms with Crippen LogP contribution in [0.3, 0.4) is 0 Å². The van der Waals surface area contributed by atoms with E-state index in [9.17, 15) is 9.59 Å². The second-order valence-corrected chi connectivity index (χ2v) is 28.0. The summed E-state index contributed by atoms with van der Waals surface area (Å²) in [5.41, 5.74) is 11.0. The van der Waals surface area contributed by atoms with Gasteiger partial charge in [0.2, 0.25) is 11.1 Å². The number of piperazine rings is 2. The molecule has 4 fully saturated rings. The van der Waals surface area contributed by atoms with Gasteiger partial charge in [-0.05, 0) is 173 Å². The van der Waals surface area contributed by atoms with Gasteiger partial charge in [-0.25, -0.2) is 19.3 Å². The molecule has 2 saturated heterocycles. The number of amides is 1. The van der Waals surface area contributed by atoms with Crippen LogP contribution in [0.5, 0.6) is 11.5 Å². The van der Waals surface area contributed by atoms with E-state index in [1.807, 2.05) is 26.2 Å². The van der Waals surface area contributed by atoms with Gasteiger partial charge in [-0.15, -0.1) is 0 Å². The first-order valence-electron chi connectivity index (χ1n) is 35.7. The summed E-state index contributed by atoms with van der Waals surface area (Å²) in [6, 6.07) is 85.8. The standard InChI is InChI=1S/C43H43N5O2.C39H39N5O.C4H5ClO/c1-30(2)50-37-21-22-39-38(28-37)41(33-23-24-44-40(27-33)46-25-26-47(31(3)29-46)42(49)32-19-20-32)45-48(39)43(34-13-7-4-8-14-34,35-15-9-5-10-16-35)36-17-11-6-12-18-36;1-28(2)45-34-19-20-36-35(26-34)38(30-21-22-41-37(25-30)43-24-23-40-29(3)27-43)42-44(36)39(31-13-7-4-8-14-31,32-15-9-5-10-16-32)33-17-11-6-12-18-33;5-4(6)3-1-2-3/h4-18,21-24,27-28,30-32H,19-20,25-26,29H2,1-3H3;4-22,25-26,28-29,40H,23-24,27H2,1-3H3;3H,1-2H2. The van der Waals surface area contributed by atoms with Gasteiger partial charge in [0.1, 0.15) is 45.6 Å². The lowest BCUT2D eigenvalue weighted by Crippen LogP contribution is -2.54. The highest BCUT2D eigenvalue weighted by atomic mass is 35.5. The summed E-state index contributed by atoms with van der Waals surface area (Å²) in [5.74, 6) is 4.27. The zero-order chi connectivity index (χ0) is 69.6. The molecule has 6 heterocycles. The van der Waals surface area contributed by atoms with Crippen molar-refractivity contribution in [2.24, 2.45) is 11.8 Å². The summed E-state index contributed by atoms with van der Waals surface area (Å²) >= 11 is 5.04. The number of nitrogens with zero attached hydrogens (tertiary/aromatic N) is 9. The van der Waals surface area contributed by atoms with Crippen molar-refractivity contribution in [1.29, 1.82) is 0 Å². The van der Waals surface area contributed by atoms with Crippen molar-refractivity contribution in [2.45, 2.75) is 103 Å². The number of pyridine rings is 2. The molecule has 12 aromatic rings. The lowest BCUT2D eigenvalue weighted by atomic mass is 9.77. The number of anilines is 2. The van der Waals surface area contributed by atoms with Crippen LogP contribution in [0.2, 0.25) is 0 Å². The highest BCUT2D eigenvalue weighted by molar-refractivity contribution is 6.64. The van der Waals surface area contributed by atoms with Crippen LogP contribution in [0.1, 0.15) is 101 Å². The third-order valence-electron chi connectivity index (χ3n) is 19.6. The molecule has 1 amide bonds. The van der Waals surface area contributed by atoms with Crippen LogP contribution < -0.4 is 24.6 Å². The number of carbonyl (C=O) groups is 2. The van der Waals surface area contributed by atoms with Gasteiger partial charge in [0.25, 0.3) is 0 Å². The molecule has 14 nitrogen and oxygen atoms in total. The number of hydrogen-bond donors (Lipinski definition) is 1. The Balaban J connectivity index is 0.000000159. The summed E-state index contributed by atoms with van der Waals surface area (Å²) in [7, 11) is 0. The van der Waals surface area contributed by atoms with Crippen LogP contribution in [0.25, 0.3) is 44.3 Å². The molecule has 4 aromatic heterocycles. The molecule has 2 saturated carbocycles. The predicted molar refractivity (Wildman–Crippen MR) is 406 cm³/mol. The van der Waals surface area contributed by atoms with Gasteiger partial charge in [0.15, 0.2) is 0 Å². The van der Waals surface area contributed by atoms with Crippen LogP contribution in [0.15, 0.2) is 255 Å². The van der Waals surface area contributed by atoms with Gasteiger partial charge < -0.3 is 29.5 Å². The van der Waals surface area contributed by atoms with Crippen LogP contribution in [0.4, 0.5) is 11.6 Å². The normalized spacial score (nSPS) is 16.3. The maximum absolute atomic E-state index is 12.9. The molecule has 101 heavy (non-hydrogen) atoms. The topological polar surface area (TPSA) is 136 Å². The third-order valence-corrected chi connectivity index (χ3v) is 19.9. The quantitative estimate of drug-likeness (QED) is 0.0649. The minimum absolute atomic E-state index is 0.0305. The Kier molecular flexibility index (Phi) is 20.0. The molecule has 0 bridgehead atoms. The fourth-order valence-electron chi connectivity index (χ4n) is 14.6. The Morgan fingerprint density at radius 3 is 1.17 bits per heavy atom. The van der Waals surface area contributed by atoms with Crippen molar-refractivity contribution >= 4 is 56.2 Å². The van der Waals surface area contributed by atoms with E-state index < -0.39 is 11.1 Å². The number of nitrogens with one attached hydrogen (secondary N) is 1. The first-order valence-corrected chi connectivity index (χ1v) is 36.0. The Labute approximate surface area is 597 Å². The molecule has 512 valence electrons. The summed E-state index contributed by atoms with van der Waals surface area (Å²) in [4.78, 5) is 39.3. The van der Waals surface area contributed by atoms with Gasteiger partial charge in [0, 0.05) is 97.5 Å². The van der Waals surface area contributed by atoms with E-state index in [0.717, 1.165) is 159 Å². The molecule has 15 heteroatoms. The third kappa shape index (κ3) is 14.1. The molecule has 2 aliphatic carbocycles. The number of rotatable bonds is 18. The number of carbonyl (C=O) groups excluding carboxylic acids is 2. The average Bonchev–Trinajstić information content (AvgIpc) is 1.65. The Hall–Kier alpha value is -10.4. The zero-order valence-corrected chi connectivity index (χ0v) is 59.1. The van der Waals surface area contributed by atoms with E-state index >= 15 is 0 Å².